The molecule has 13 heteroatoms. The monoisotopic (exact) mass is 535 g/mol. The van der Waals surface area contributed by atoms with Gasteiger partial charge in [-0.05, 0) is 49.4 Å². The fraction of sp³-hybridized carbons (Fsp3) is 0.520. The van der Waals surface area contributed by atoms with Gasteiger partial charge in [-0.1, -0.05) is 5.16 Å². The molecule has 38 heavy (non-hydrogen) atoms. The van der Waals surface area contributed by atoms with Crippen LogP contribution in [0.1, 0.15) is 44.0 Å². The van der Waals surface area contributed by atoms with E-state index in [0.717, 1.165) is 31.9 Å². The Hall–Kier alpha value is -3.48. The highest BCUT2D eigenvalue weighted by Crippen LogP contribution is 2.32. The summed E-state index contributed by atoms with van der Waals surface area (Å²) < 4.78 is 65.8. The summed E-state index contributed by atoms with van der Waals surface area (Å²) in [5.74, 6) is -3.98. The summed E-state index contributed by atoms with van der Waals surface area (Å²) in [6, 6.07) is 3.09. The average Bonchev–Trinajstić information content (AvgIpc) is 3.54. The number of alkyl halides is 2. The van der Waals surface area contributed by atoms with Gasteiger partial charge in [0.15, 0.2) is 5.75 Å². The van der Waals surface area contributed by atoms with Gasteiger partial charge in [0.1, 0.15) is 11.6 Å². The molecular formula is C25H29F4N7O2. The zero-order valence-corrected chi connectivity index (χ0v) is 21.0. The van der Waals surface area contributed by atoms with E-state index in [0.29, 0.717) is 37.9 Å². The van der Waals surface area contributed by atoms with Crippen LogP contribution in [0.4, 0.5) is 29.5 Å². The number of ether oxygens (including phenoxy) is 1. The molecule has 0 spiro atoms. The number of rotatable bonds is 7. The number of hydrogen-bond donors (Lipinski definition) is 1. The molecule has 0 unspecified atom stereocenters. The van der Waals surface area contributed by atoms with Gasteiger partial charge in [-0.3, -0.25) is 0 Å². The van der Waals surface area contributed by atoms with Crippen molar-refractivity contribution in [3.63, 3.8) is 0 Å². The van der Waals surface area contributed by atoms with E-state index >= 15 is 0 Å². The van der Waals surface area contributed by atoms with Crippen molar-refractivity contribution in [1.29, 1.82) is 0 Å². The third-order valence-corrected chi connectivity index (χ3v) is 7.22. The first-order valence-electron chi connectivity index (χ1n) is 12.5. The molecular weight excluding hydrogens is 506 g/mol. The van der Waals surface area contributed by atoms with Gasteiger partial charge in [-0.15, -0.1) is 0 Å². The smallest absolute Gasteiger partial charge is 0.324 e. The van der Waals surface area contributed by atoms with Crippen LogP contribution in [0, 0.1) is 17.6 Å². The highest BCUT2D eigenvalue weighted by Gasteiger charge is 2.35. The van der Waals surface area contributed by atoms with Crippen molar-refractivity contribution >= 4 is 12.0 Å². The second-order valence-corrected chi connectivity index (χ2v) is 10.00. The summed E-state index contributed by atoms with van der Waals surface area (Å²) in [5, 5.41) is 3.38. The van der Waals surface area contributed by atoms with Gasteiger partial charge in [0.2, 0.25) is 11.8 Å². The third kappa shape index (κ3) is 5.52. The molecule has 2 N–H and O–H groups in total. The van der Waals surface area contributed by atoms with Crippen LogP contribution in [0.25, 0.3) is 0 Å². The fourth-order valence-electron chi connectivity index (χ4n) is 5.05. The van der Waals surface area contributed by atoms with Crippen LogP contribution < -0.4 is 20.3 Å². The van der Waals surface area contributed by atoms with Crippen LogP contribution >= 0.6 is 0 Å². The summed E-state index contributed by atoms with van der Waals surface area (Å²) in [6.45, 7) is 4.63. The van der Waals surface area contributed by atoms with Gasteiger partial charge < -0.3 is 24.8 Å². The van der Waals surface area contributed by atoms with E-state index in [9.17, 15) is 17.6 Å². The van der Waals surface area contributed by atoms with Gasteiger partial charge in [-0.2, -0.15) is 13.8 Å². The second kappa shape index (κ2) is 10.4. The summed E-state index contributed by atoms with van der Waals surface area (Å²) in [4.78, 5) is 16.3. The first-order valence-corrected chi connectivity index (χ1v) is 12.5. The standard InChI is InChI=1S/C25H29F4N7O2/c1-14(15-5-7-35(8-6-15)24-33-22(34-38-24)25(2,28)29)37-17-10-31-23(32-11-17)36-12-19(21(30)13-36)18-9-16(26)3-4-20(18)27/h3-4,9-11,14-15,19,21H,5-8,12-13,30H2,1-2H3/t14-,19+,21-/m0/s1. The van der Waals surface area contributed by atoms with Gasteiger partial charge in [-0.25, -0.2) is 18.7 Å². The number of benzene rings is 1. The Labute approximate surface area is 217 Å². The molecule has 0 aliphatic carbocycles. The predicted molar refractivity (Wildman–Crippen MR) is 130 cm³/mol. The van der Waals surface area contributed by atoms with Crippen molar-refractivity contribution < 1.29 is 26.8 Å². The molecule has 0 bridgehead atoms. The normalized spacial score (nSPS) is 21.7. The van der Waals surface area contributed by atoms with Crippen LogP contribution in [0.15, 0.2) is 35.1 Å². The van der Waals surface area contributed by atoms with Crippen LogP contribution in [-0.4, -0.2) is 58.4 Å². The van der Waals surface area contributed by atoms with Crippen LogP contribution in [0.2, 0.25) is 0 Å². The molecule has 204 valence electrons. The molecule has 2 fully saturated rings. The minimum absolute atomic E-state index is 0.0987. The summed E-state index contributed by atoms with van der Waals surface area (Å²) in [5.41, 5.74) is 6.49. The fourth-order valence-corrected chi connectivity index (χ4v) is 5.05. The predicted octanol–water partition coefficient (Wildman–Crippen LogP) is 3.86. The molecule has 3 atom stereocenters. The van der Waals surface area contributed by atoms with E-state index < -0.39 is 29.4 Å². The van der Waals surface area contributed by atoms with E-state index in [1.165, 1.54) is 6.07 Å². The lowest BCUT2D eigenvalue weighted by Crippen LogP contribution is -2.39. The van der Waals surface area contributed by atoms with Crippen molar-refractivity contribution in [2.75, 3.05) is 36.0 Å². The Morgan fingerprint density at radius 1 is 1.11 bits per heavy atom. The number of aromatic nitrogens is 4. The zero-order chi connectivity index (χ0) is 27.0. The quantitative estimate of drug-likeness (QED) is 0.452. The van der Waals surface area contributed by atoms with Crippen molar-refractivity contribution in [1.82, 2.24) is 20.1 Å². The summed E-state index contributed by atoms with van der Waals surface area (Å²) in [7, 11) is 0. The lowest BCUT2D eigenvalue weighted by Gasteiger charge is -2.33. The van der Waals surface area contributed by atoms with Crippen molar-refractivity contribution in [3.05, 3.63) is 53.6 Å². The Balaban J connectivity index is 1.14. The molecule has 2 aromatic heterocycles. The lowest BCUT2D eigenvalue weighted by molar-refractivity contribution is 0.00559. The number of nitrogens with zero attached hydrogens (tertiary/aromatic N) is 6. The molecule has 0 saturated carbocycles. The summed E-state index contributed by atoms with van der Waals surface area (Å²) >= 11 is 0. The average molecular weight is 536 g/mol. The number of nitrogens with two attached hydrogens (primary N) is 1. The Morgan fingerprint density at radius 2 is 1.82 bits per heavy atom. The van der Waals surface area contributed by atoms with Gasteiger partial charge in [0.05, 0.1) is 18.5 Å². The number of hydrogen-bond acceptors (Lipinski definition) is 9. The zero-order valence-electron chi connectivity index (χ0n) is 21.0. The van der Waals surface area contributed by atoms with Crippen molar-refractivity contribution in [3.8, 4) is 5.75 Å². The Bertz CT molecular complexity index is 1250. The van der Waals surface area contributed by atoms with Gasteiger partial charge in [0.25, 0.3) is 0 Å². The molecule has 1 aromatic carbocycles. The molecule has 2 aliphatic heterocycles. The van der Waals surface area contributed by atoms with Gasteiger partial charge >= 0.3 is 11.9 Å². The Kier molecular flexibility index (Phi) is 7.12. The molecule has 2 saturated heterocycles. The maximum atomic E-state index is 14.3. The minimum atomic E-state index is -3.15. The highest BCUT2D eigenvalue weighted by molar-refractivity contribution is 5.39. The number of anilines is 2. The topological polar surface area (TPSA) is 106 Å². The molecule has 0 amide bonds. The second-order valence-electron chi connectivity index (χ2n) is 10.00. The maximum absolute atomic E-state index is 14.3. The molecule has 0 radical (unpaired) electrons. The first-order chi connectivity index (χ1) is 18.1. The number of piperidine rings is 1. The molecule has 3 aromatic rings. The van der Waals surface area contributed by atoms with E-state index in [-0.39, 0.29) is 29.5 Å². The summed E-state index contributed by atoms with van der Waals surface area (Å²) in [6.07, 6.45) is 4.54. The van der Waals surface area contributed by atoms with Gasteiger partial charge in [0, 0.05) is 45.1 Å². The van der Waals surface area contributed by atoms with E-state index in [1.807, 2.05) is 11.8 Å². The SMILES string of the molecule is C[C@H](Oc1cnc(N2C[C@H](c3cc(F)ccc3F)[C@@H](N)C2)nc1)C1CCN(c2nc(C(C)(F)F)no2)CC1. The van der Waals surface area contributed by atoms with Crippen molar-refractivity contribution in [2.45, 2.75) is 50.7 Å². The molecule has 9 nitrogen and oxygen atoms in total. The van der Waals surface area contributed by atoms with Crippen LogP contribution in [0.3, 0.4) is 0 Å². The highest BCUT2D eigenvalue weighted by atomic mass is 19.3. The minimum Gasteiger partial charge on any atom is -0.487 e. The van der Waals surface area contributed by atoms with E-state index in [1.54, 1.807) is 17.3 Å². The lowest BCUT2D eigenvalue weighted by atomic mass is 9.92. The molecule has 5 rings (SSSR count). The first kappa shape index (κ1) is 26.1. The molecule has 2 aliphatic rings. The largest absolute Gasteiger partial charge is 0.487 e. The third-order valence-electron chi connectivity index (χ3n) is 7.22. The van der Waals surface area contributed by atoms with E-state index in [4.69, 9.17) is 15.0 Å². The molecule has 4 heterocycles. The van der Waals surface area contributed by atoms with E-state index in [2.05, 4.69) is 20.1 Å². The number of halogens is 4. The maximum Gasteiger partial charge on any atom is 0.324 e. The Morgan fingerprint density at radius 3 is 2.47 bits per heavy atom. The van der Waals surface area contributed by atoms with Crippen molar-refractivity contribution in [2.24, 2.45) is 11.7 Å². The van der Waals surface area contributed by atoms with Crippen LogP contribution in [0.5, 0.6) is 5.75 Å². The van der Waals surface area contributed by atoms with Crippen LogP contribution in [-0.2, 0) is 5.92 Å².